The maximum absolute atomic E-state index is 11.2. The van der Waals surface area contributed by atoms with E-state index >= 15 is 0 Å². The monoisotopic (exact) mass is 200 g/mol. The van der Waals surface area contributed by atoms with E-state index in [-0.39, 0.29) is 24.3 Å². The molecule has 1 aliphatic heterocycles. The lowest BCUT2D eigenvalue weighted by molar-refractivity contribution is -0.150. The van der Waals surface area contributed by atoms with Crippen LogP contribution in [0.5, 0.6) is 0 Å². The van der Waals surface area contributed by atoms with Crippen LogP contribution in [0.15, 0.2) is 0 Å². The number of carbonyl (C=O) groups excluding carboxylic acids is 2. The summed E-state index contributed by atoms with van der Waals surface area (Å²) in [5.74, 6) is -0.553. The van der Waals surface area contributed by atoms with Gasteiger partial charge in [-0.05, 0) is 20.8 Å². The topological polar surface area (TPSA) is 52.6 Å². The normalized spacial score (nSPS) is 24.5. The molecule has 0 aromatic heterocycles. The van der Waals surface area contributed by atoms with Gasteiger partial charge in [-0.3, -0.25) is 9.59 Å². The lowest BCUT2D eigenvalue weighted by Crippen LogP contribution is -2.29. The van der Waals surface area contributed by atoms with Gasteiger partial charge >= 0.3 is 11.9 Å². The Balaban J connectivity index is 2.52. The molecule has 4 heteroatoms. The summed E-state index contributed by atoms with van der Waals surface area (Å²) >= 11 is 0. The summed E-state index contributed by atoms with van der Waals surface area (Å²) in [7, 11) is 0. The van der Waals surface area contributed by atoms with E-state index in [9.17, 15) is 9.59 Å². The minimum Gasteiger partial charge on any atom is -0.466 e. The van der Waals surface area contributed by atoms with E-state index in [2.05, 4.69) is 0 Å². The molecule has 1 rings (SSSR count). The van der Waals surface area contributed by atoms with Gasteiger partial charge in [-0.2, -0.15) is 0 Å². The van der Waals surface area contributed by atoms with Crippen LogP contribution in [-0.4, -0.2) is 24.1 Å². The number of hydrogen-bond donors (Lipinski definition) is 0. The molecule has 0 unspecified atom stereocenters. The molecule has 1 fully saturated rings. The third-order valence-electron chi connectivity index (χ3n) is 2.49. The van der Waals surface area contributed by atoms with Gasteiger partial charge in [-0.15, -0.1) is 0 Å². The third-order valence-corrected chi connectivity index (χ3v) is 2.49. The molecule has 0 spiro atoms. The van der Waals surface area contributed by atoms with E-state index in [1.165, 1.54) is 0 Å². The molecule has 4 nitrogen and oxygen atoms in total. The Morgan fingerprint density at radius 1 is 1.64 bits per heavy atom. The smallest absolute Gasteiger partial charge is 0.306 e. The van der Waals surface area contributed by atoms with Gasteiger partial charge in [0.15, 0.2) is 0 Å². The fourth-order valence-electron chi connectivity index (χ4n) is 1.60. The predicted molar refractivity (Wildman–Crippen MR) is 49.5 cm³/mol. The Morgan fingerprint density at radius 2 is 2.29 bits per heavy atom. The van der Waals surface area contributed by atoms with Crippen molar-refractivity contribution < 1.29 is 19.1 Å². The summed E-state index contributed by atoms with van der Waals surface area (Å²) < 4.78 is 9.92. The van der Waals surface area contributed by atoms with E-state index in [1.54, 1.807) is 6.92 Å². The molecular formula is C10H16O4. The highest BCUT2D eigenvalue weighted by Gasteiger charge is 2.42. The Labute approximate surface area is 83.6 Å². The molecule has 80 valence electrons. The van der Waals surface area contributed by atoms with Crippen LogP contribution in [0.1, 0.15) is 33.6 Å². The van der Waals surface area contributed by atoms with Crippen molar-refractivity contribution in [2.45, 2.75) is 39.2 Å². The molecule has 1 atom stereocenters. The summed E-state index contributed by atoms with van der Waals surface area (Å²) in [4.78, 5) is 22.2. The van der Waals surface area contributed by atoms with Crippen molar-refractivity contribution in [3.05, 3.63) is 0 Å². The third kappa shape index (κ3) is 2.47. The van der Waals surface area contributed by atoms with Crippen molar-refractivity contribution >= 4 is 11.9 Å². The van der Waals surface area contributed by atoms with Crippen molar-refractivity contribution in [3.63, 3.8) is 0 Å². The van der Waals surface area contributed by atoms with Gasteiger partial charge in [-0.1, -0.05) is 0 Å². The van der Waals surface area contributed by atoms with Crippen LogP contribution in [-0.2, 0) is 19.1 Å². The molecule has 0 aromatic rings. The number of hydrogen-bond acceptors (Lipinski definition) is 4. The zero-order chi connectivity index (χ0) is 10.8. The largest absolute Gasteiger partial charge is 0.466 e. The second-order valence-corrected chi connectivity index (χ2v) is 3.99. The number of ether oxygens (including phenoxy) is 2. The van der Waals surface area contributed by atoms with E-state index in [0.717, 1.165) is 0 Å². The summed E-state index contributed by atoms with van der Waals surface area (Å²) in [5.41, 5.74) is -0.538. The van der Waals surface area contributed by atoms with Gasteiger partial charge in [-0.25, -0.2) is 0 Å². The minimum absolute atomic E-state index is 0.0611. The summed E-state index contributed by atoms with van der Waals surface area (Å²) in [5, 5.41) is 0. The molecular weight excluding hydrogens is 184 g/mol. The molecule has 0 aromatic carbocycles. The predicted octanol–water partition coefficient (Wildman–Crippen LogP) is 1.28. The first-order valence-corrected chi connectivity index (χ1v) is 4.83. The van der Waals surface area contributed by atoms with Crippen LogP contribution in [0.25, 0.3) is 0 Å². The second kappa shape index (κ2) is 3.98. The number of rotatable bonds is 3. The lowest BCUT2D eigenvalue weighted by atomic mass is 9.88. The molecule has 0 N–H and O–H groups in total. The molecule has 1 aliphatic rings. The maximum atomic E-state index is 11.2. The van der Waals surface area contributed by atoms with Crippen LogP contribution < -0.4 is 0 Å². The number of esters is 2. The molecule has 1 saturated heterocycles. The van der Waals surface area contributed by atoms with Crippen LogP contribution >= 0.6 is 0 Å². The average Bonchev–Trinajstić information content (AvgIpc) is 2.25. The quantitative estimate of drug-likeness (QED) is 0.644. The standard InChI is InChI=1S/C10H16O4/c1-4-13-8(11)5-7-6-9(12)14-10(7,2)3/h7H,4-6H2,1-3H3/t7-/m1/s1. The summed E-state index contributed by atoms with van der Waals surface area (Å²) in [6, 6.07) is 0. The molecule has 0 aliphatic carbocycles. The van der Waals surface area contributed by atoms with Gasteiger partial charge in [0.1, 0.15) is 5.60 Å². The Morgan fingerprint density at radius 3 is 2.71 bits per heavy atom. The highest BCUT2D eigenvalue weighted by molar-refractivity contribution is 5.76. The van der Waals surface area contributed by atoms with Crippen molar-refractivity contribution in [3.8, 4) is 0 Å². The van der Waals surface area contributed by atoms with E-state index < -0.39 is 5.60 Å². The average molecular weight is 200 g/mol. The summed E-state index contributed by atoms with van der Waals surface area (Å²) in [6.07, 6.45) is 0.568. The fourth-order valence-corrected chi connectivity index (χ4v) is 1.60. The van der Waals surface area contributed by atoms with Gasteiger partial charge in [0.2, 0.25) is 0 Å². The summed E-state index contributed by atoms with van der Waals surface area (Å²) in [6.45, 7) is 5.78. The van der Waals surface area contributed by atoms with E-state index in [0.29, 0.717) is 13.0 Å². The zero-order valence-corrected chi connectivity index (χ0v) is 8.83. The van der Waals surface area contributed by atoms with Crippen LogP contribution in [0.4, 0.5) is 0 Å². The first-order chi connectivity index (χ1) is 6.45. The van der Waals surface area contributed by atoms with Gasteiger partial charge in [0.05, 0.1) is 19.4 Å². The van der Waals surface area contributed by atoms with Gasteiger partial charge < -0.3 is 9.47 Å². The fraction of sp³-hybridized carbons (Fsp3) is 0.800. The van der Waals surface area contributed by atoms with Crippen LogP contribution in [0.3, 0.4) is 0 Å². The number of cyclic esters (lactones) is 1. The maximum Gasteiger partial charge on any atom is 0.306 e. The molecule has 0 amide bonds. The minimum atomic E-state index is -0.538. The second-order valence-electron chi connectivity index (χ2n) is 3.99. The van der Waals surface area contributed by atoms with Crippen molar-refractivity contribution in [2.75, 3.05) is 6.61 Å². The Bertz CT molecular complexity index is 245. The van der Waals surface area contributed by atoms with Crippen molar-refractivity contribution in [2.24, 2.45) is 5.92 Å². The highest BCUT2D eigenvalue weighted by Crippen LogP contribution is 2.34. The van der Waals surface area contributed by atoms with E-state index in [1.807, 2.05) is 13.8 Å². The molecule has 14 heavy (non-hydrogen) atoms. The Kier molecular flexibility index (Phi) is 3.13. The molecule has 0 radical (unpaired) electrons. The van der Waals surface area contributed by atoms with Gasteiger partial charge in [0.25, 0.3) is 0 Å². The molecule has 1 heterocycles. The van der Waals surface area contributed by atoms with Crippen molar-refractivity contribution in [1.82, 2.24) is 0 Å². The highest BCUT2D eigenvalue weighted by atomic mass is 16.6. The zero-order valence-electron chi connectivity index (χ0n) is 8.83. The lowest BCUT2D eigenvalue weighted by Gasteiger charge is -2.23. The van der Waals surface area contributed by atoms with E-state index in [4.69, 9.17) is 9.47 Å². The number of carbonyl (C=O) groups is 2. The SMILES string of the molecule is CCOC(=O)C[C@@H]1CC(=O)OC1(C)C. The molecule has 0 saturated carbocycles. The van der Waals surface area contributed by atoms with Gasteiger partial charge in [0, 0.05) is 5.92 Å². The van der Waals surface area contributed by atoms with Crippen LogP contribution in [0, 0.1) is 5.92 Å². The van der Waals surface area contributed by atoms with Crippen LogP contribution in [0.2, 0.25) is 0 Å². The first kappa shape index (κ1) is 11.0. The Hall–Kier alpha value is -1.06. The van der Waals surface area contributed by atoms with Crippen molar-refractivity contribution in [1.29, 1.82) is 0 Å². The first-order valence-electron chi connectivity index (χ1n) is 4.83. The molecule has 0 bridgehead atoms.